The standard InChI is InChI=1S/C10H7BrN2O3S/c11-7-3-12-5-13(9(7)14)4-6-1-2-17-8(6)10(15)16/h1-3,5H,4H2,(H,15,16). The molecule has 1 N–H and O–H groups in total. The molecule has 0 unspecified atom stereocenters. The van der Waals surface area contributed by atoms with Crippen LogP contribution in [0.5, 0.6) is 0 Å². The number of carbonyl (C=O) groups is 1. The minimum atomic E-state index is -0.981. The molecule has 0 saturated heterocycles. The average Bonchev–Trinajstić information content (AvgIpc) is 2.73. The summed E-state index contributed by atoms with van der Waals surface area (Å²) in [6.07, 6.45) is 2.79. The quantitative estimate of drug-likeness (QED) is 0.938. The summed E-state index contributed by atoms with van der Waals surface area (Å²) in [4.78, 5) is 26.8. The van der Waals surface area contributed by atoms with E-state index in [0.29, 0.717) is 10.0 Å². The van der Waals surface area contributed by atoms with Crippen LogP contribution in [-0.4, -0.2) is 20.6 Å². The topological polar surface area (TPSA) is 72.2 Å². The van der Waals surface area contributed by atoms with Crippen LogP contribution in [0.15, 0.2) is 33.2 Å². The van der Waals surface area contributed by atoms with Gasteiger partial charge in [0.2, 0.25) is 0 Å². The Hall–Kier alpha value is -1.47. The first-order valence-corrected chi connectivity index (χ1v) is 6.26. The minimum absolute atomic E-state index is 0.205. The molecule has 0 aliphatic rings. The van der Waals surface area contributed by atoms with Gasteiger partial charge in [0.25, 0.3) is 5.56 Å². The molecule has 0 atom stereocenters. The fourth-order valence-electron chi connectivity index (χ4n) is 1.37. The lowest BCUT2D eigenvalue weighted by Crippen LogP contribution is -2.21. The van der Waals surface area contributed by atoms with Crippen molar-refractivity contribution in [3.8, 4) is 0 Å². The SMILES string of the molecule is O=C(O)c1sccc1Cn1cncc(Br)c1=O. The number of thiophene rings is 1. The monoisotopic (exact) mass is 314 g/mol. The molecule has 0 aliphatic carbocycles. The van der Waals surface area contributed by atoms with Gasteiger partial charge in [0.15, 0.2) is 0 Å². The van der Waals surface area contributed by atoms with Gasteiger partial charge in [-0.05, 0) is 32.9 Å². The Morgan fingerprint density at radius 1 is 1.59 bits per heavy atom. The van der Waals surface area contributed by atoms with Crippen LogP contribution >= 0.6 is 27.3 Å². The zero-order valence-electron chi connectivity index (χ0n) is 8.46. The van der Waals surface area contributed by atoms with Crippen molar-refractivity contribution < 1.29 is 9.90 Å². The Morgan fingerprint density at radius 2 is 2.35 bits per heavy atom. The van der Waals surface area contributed by atoms with Gasteiger partial charge in [-0.3, -0.25) is 9.36 Å². The molecule has 0 aromatic carbocycles. The van der Waals surface area contributed by atoms with Crippen molar-refractivity contribution in [3.05, 3.63) is 49.2 Å². The molecule has 2 aromatic heterocycles. The first-order chi connectivity index (χ1) is 8.09. The molecule has 17 heavy (non-hydrogen) atoms. The van der Waals surface area contributed by atoms with Crippen LogP contribution in [0.3, 0.4) is 0 Å². The third-order valence-electron chi connectivity index (χ3n) is 2.14. The summed E-state index contributed by atoms with van der Waals surface area (Å²) in [6, 6.07) is 1.70. The van der Waals surface area contributed by atoms with E-state index in [-0.39, 0.29) is 17.0 Å². The van der Waals surface area contributed by atoms with E-state index in [9.17, 15) is 9.59 Å². The number of carboxylic acid groups (broad SMARTS) is 1. The van der Waals surface area contributed by atoms with Crippen LogP contribution in [0.2, 0.25) is 0 Å². The summed E-state index contributed by atoms with van der Waals surface area (Å²) in [5, 5.41) is 10.6. The lowest BCUT2D eigenvalue weighted by molar-refractivity contribution is 0.0701. The van der Waals surface area contributed by atoms with E-state index < -0.39 is 5.97 Å². The Labute approximate surface area is 108 Å². The van der Waals surface area contributed by atoms with Crippen LogP contribution in [0.4, 0.5) is 0 Å². The number of halogens is 1. The third kappa shape index (κ3) is 2.45. The van der Waals surface area contributed by atoms with E-state index in [1.165, 1.54) is 17.1 Å². The van der Waals surface area contributed by atoms with Crippen molar-refractivity contribution in [1.82, 2.24) is 9.55 Å². The smallest absolute Gasteiger partial charge is 0.346 e. The maximum absolute atomic E-state index is 11.7. The van der Waals surface area contributed by atoms with Gasteiger partial charge >= 0.3 is 5.97 Å². The summed E-state index contributed by atoms with van der Waals surface area (Å²) >= 11 is 4.23. The maximum Gasteiger partial charge on any atom is 0.346 e. The van der Waals surface area contributed by atoms with Crippen LogP contribution in [0.1, 0.15) is 15.2 Å². The molecule has 0 amide bonds. The summed E-state index contributed by atoms with van der Waals surface area (Å²) in [5.41, 5.74) is 0.368. The summed E-state index contributed by atoms with van der Waals surface area (Å²) in [7, 11) is 0. The van der Waals surface area contributed by atoms with Gasteiger partial charge in [0, 0.05) is 6.20 Å². The second kappa shape index (κ2) is 4.80. The fourth-order valence-corrected chi connectivity index (χ4v) is 2.47. The highest BCUT2D eigenvalue weighted by Gasteiger charge is 2.12. The highest BCUT2D eigenvalue weighted by molar-refractivity contribution is 9.10. The Kier molecular flexibility index (Phi) is 3.39. The highest BCUT2D eigenvalue weighted by atomic mass is 79.9. The van der Waals surface area contributed by atoms with E-state index in [2.05, 4.69) is 20.9 Å². The Balaban J connectivity index is 2.38. The lowest BCUT2D eigenvalue weighted by Gasteiger charge is -2.04. The molecule has 0 bridgehead atoms. The molecule has 0 aliphatic heterocycles. The number of rotatable bonds is 3. The first-order valence-electron chi connectivity index (χ1n) is 4.59. The van der Waals surface area contributed by atoms with Crippen molar-refractivity contribution in [2.24, 2.45) is 0 Å². The van der Waals surface area contributed by atoms with Crippen molar-refractivity contribution in [1.29, 1.82) is 0 Å². The molecule has 0 saturated carbocycles. The van der Waals surface area contributed by atoms with Gasteiger partial charge in [-0.2, -0.15) is 0 Å². The first kappa shape index (κ1) is 12.0. The molecule has 2 rings (SSSR count). The normalized spacial score (nSPS) is 10.4. The third-order valence-corrected chi connectivity index (χ3v) is 3.63. The molecule has 0 fully saturated rings. The number of carboxylic acids is 1. The minimum Gasteiger partial charge on any atom is -0.477 e. The molecule has 88 valence electrons. The molecule has 0 radical (unpaired) electrons. The molecular weight excluding hydrogens is 308 g/mol. The lowest BCUT2D eigenvalue weighted by atomic mass is 10.2. The van der Waals surface area contributed by atoms with Crippen molar-refractivity contribution in [3.63, 3.8) is 0 Å². The molecular formula is C10H7BrN2O3S. The second-order valence-electron chi connectivity index (χ2n) is 3.25. The number of aromatic nitrogens is 2. The van der Waals surface area contributed by atoms with Crippen LogP contribution in [0, 0.1) is 0 Å². The maximum atomic E-state index is 11.7. The Morgan fingerprint density at radius 3 is 3.06 bits per heavy atom. The summed E-state index contributed by atoms with van der Waals surface area (Å²) < 4.78 is 1.71. The molecule has 0 spiro atoms. The predicted octanol–water partition coefficient (Wildman–Crippen LogP) is 1.81. The molecule has 5 nitrogen and oxygen atoms in total. The van der Waals surface area contributed by atoms with E-state index >= 15 is 0 Å². The zero-order chi connectivity index (χ0) is 12.4. The van der Waals surface area contributed by atoms with E-state index in [1.54, 1.807) is 11.4 Å². The number of hydrogen-bond donors (Lipinski definition) is 1. The van der Waals surface area contributed by atoms with Crippen LogP contribution < -0.4 is 5.56 Å². The Bertz CT molecular complexity index is 620. The molecule has 2 heterocycles. The molecule has 7 heteroatoms. The van der Waals surface area contributed by atoms with Gasteiger partial charge in [0.1, 0.15) is 9.35 Å². The van der Waals surface area contributed by atoms with Gasteiger partial charge in [-0.15, -0.1) is 11.3 Å². The van der Waals surface area contributed by atoms with Gasteiger partial charge in [-0.25, -0.2) is 9.78 Å². The van der Waals surface area contributed by atoms with Crippen LogP contribution in [-0.2, 0) is 6.54 Å². The van der Waals surface area contributed by atoms with E-state index in [4.69, 9.17) is 5.11 Å². The van der Waals surface area contributed by atoms with E-state index in [1.807, 2.05) is 0 Å². The summed E-state index contributed by atoms with van der Waals surface area (Å²) in [6.45, 7) is 0.205. The number of nitrogens with zero attached hydrogens (tertiary/aromatic N) is 2. The number of hydrogen-bond acceptors (Lipinski definition) is 4. The van der Waals surface area contributed by atoms with Gasteiger partial charge < -0.3 is 5.11 Å². The second-order valence-corrected chi connectivity index (χ2v) is 5.03. The van der Waals surface area contributed by atoms with Crippen LogP contribution in [0.25, 0.3) is 0 Å². The average molecular weight is 315 g/mol. The largest absolute Gasteiger partial charge is 0.477 e. The summed E-state index contributed by atoms with van der Waals surface area (Å²) in [5.74, 6) is -0.981. The molecule has 2 aromatic rings. The van der Waals surface area contributed by atoms with E-state index in [0.717, 1.165) is 11.3 Å². The fraction of sp³-hybridized carbons (Fsp3) is 0.100. The highest BCUT2D eigenvalue weighted by Crippen LogP contribution is 2.17. The van der Waals surface area contributed by atoms with Gasteiger partial charge in [0.05, 0.1) is 12.9 Å². The van der Waals surface area contributed by atoms with Gasteiger partial charge in [-0.1, -0.05) is 0 Å². The zero-order valence-corrected chi connectivity index (χ0v) is 10.9. The predicted molar refractivity (Wildman–Crippen MR) is 66.6 cm³/mol. The number of aromatic carboxylic acids is 1. The van der Waals surface area contributed by atoms with Crippen molar-refractivity contribution >= 4 is 33.2 Å². The van der Waals surface area contributed by atoms with Crippen molar-refractivity contribution in [2.45, 2.75) is 6.54 Å². The van der Waals surface area contributed by atoms with Crippen molar-refractivity contribution in [2.75, 3.05) is 0 Å².